The van der Waals surface area contributed by atoms with E-state index in [9.17, 15) is 0 Å². The van der Waals surface area contributed by atoms with E-state index in [2.05, 4.69) is 30.9 Å². The summed E-state index contributed by atoms with van der Waals surface area (Å²) in [6.45, 7) is 0.767. The van der Waals surface area contributed by atoms with Crippen LogP contribution >= 0.6 is 0 Å². The van der Waals surface area contributed by atoms with Crippen molar-refractivity contribution in [3.63, 3.8) is 0 Å². The molecule has 6 heteroatoms. The number of nitrogens with one attached hydrogen (secondary N) is 2. The largest absolute Gasteiger partial charge is 0.319 e. The molecule has 0 aliphatic carbocycles. The smallest absolute Gasteiger partial charge is 0.183 e. The summed E-state index contributed by atoms with van der Waals surface area (Å²) in [5.74, 6) is 0.798. The second-order valence-corrected chi connectivity index (χ2v) is 3.16. The summed E-state index contributed by atoms with van der Waals surface area (Å²) in [5.41, 5.74) is 1.13. The molecule has 2 heterocycles. The van der Waals surface area contributed by atoms with Crippen molar-refractivity contribution in [2.45, 2.75) is 5.92 Å². The van der Waals surface area contributed by atoms with Crippen LogP contribution in [0.2, 0.25) is 0 Å². The lowest BCUT2D eigenvalue weighted by Crippen LogP contribution is -2.19. The molecule has 78 valence electrons. The van der Waals surface area contributed by atoms with Gasteiger partial charge in [-0.15, -0.1) is 10.2 Å². The van der Waals surface area contributed by atoms with Crippen LogP contribution in [0.5, 0.6) is 0 Å². The number of aromatic nitrogens is 5. The van der Waals surface area contributed by atoms with Gasteiger partial charge in [0.05, 0.1) is 5.92 Å². The van der Waals surface area contributed by atoms with E-state index in [1.54, 1.807) is 12.4 Å². The van der Waals surface area contributed by atoms with E-state index < -0.39 is 0 Å². The molecule has 1 atom stereocenters. The van der Waals surface area contributed by atoms with Crippen LogP contribution in [0.4, 0.5) is 0 Å². The van der Waals surface area contributed by atoms with E-state index in [0.717, 1.165) is 12.1 Å². The van der Waals surface area contributed by atoms with Crippen LogP contribution in [-0.4, -0.2) is 39.2 Å². The Morgan fingerprint density at radius 1 is 1.40 bits per heavy atom. The number of rotatable bonds is 4. The number of likely N-dealkylation sites (N-methyl/N-ethyl adjacent to an activating group) is 1. The quantitative estimate of drug-likeness (QED) is 0.729. The van der Waals surface area contributed by atoms with Crippen LogP contribution in [0.15, 0.2) is 24.5 Å². The maximum absolute atomic E-state index is 4.00. The zero-order chi connectivity index (χ0) is 10.5. The van der Waals surface area contributed by atoms with Gasteiger partial charge < -0.3 is 5.32 Å². The number of hydrogen-bond donors (Lipinski definition) is 2. The summed E-state index contributed by atoms with van der Waals surface area (Å²) in [7, 11) is 1.90. The molecule has 0 saturated heterocycles. The van der Waals surface area contributed by atoms with E-state index in [1.807, 2.05) is 19.2 Å². The van der Waals surface area contributed by atoms with E-state index in [4.69, 9.17) is 0 Å². The second kappa shape index (κ2) is 4.61. The third-order valence-electron chi connectivity index (χ3n) is 2.19. The topological polar surface area (TPSA) is 79.4 Å². The van der Waals surface area contributed by atoms with Crippen molar-refractivity contribution < 1.29 is 0 Å². The number of nitrogens with zero attached hydrogens (tertiary/aromatic N) is 4. The molecule has 0 aliphatic heterocycles. The number of H-pyrrole nitrogens is 1. The molecule has 0 radical (unpaired) electrons. The lowest BCUT2D eigenvalue weighted by molar-refractivity contribution is 0.671. The van der Waals surface area contributed by atoms with Crippen molar-refractivity contribution >= 4 is 0 Å². The maximum Gasteiger partial charge on any atom is 0.183 e. The highest BCUT2D eigenvalue weighted by Crippen LogP contribution is 2.18. The molecule has 0 spiro atoms. The molecule has 2 aromatic rings. The van der Waals surface area contributed by atoms with E-state index >= 15 is 0 Å². The molecule has 0 aliphatic rings. The highest BCUT2D eigenvalue weighted by atomic mass is 15.5. The fraction of sp³-hybridized carbons (Fsp3) is 0.333. The first-order valence-electron chi connectivity index (χ1n) is 4.69. The van der Waals surface area contributed by atoms with Gasteiger partial charge in [0.15, 0.2) is 5.82 Å². The first-order chi connectivity index (χ1) is 7.42. The van der Waals surface area contributed by atoms with Gasteiger partial charge in [-0.25, -0.2) is 0 Å². The molecule has 0 fully saturated rings. The molecule has 0 aromatic carbocycles. The predicted molar refractivity (Wildman–Crippen MR) is 54.2 cm³/mol. The van der Waals surface area contributed by atoms with Crippen LogP contribution in [0, 0.1) is 0 Å². The highest BCUT2D eigenvalue weighted by molar-refractivity contribution is 5.22. The van der Waals surface area contributed by atoms with Gasteiger partial charge in [-0.2, -0.15) is 5.21 Å². The van der Waals surface area contributed by atoms with Gasteiger partial charge >= 0.3 is 0 Å². The highest BCUT2D eigenvalue weighted by Gasteiger charge is 2.17. The zero-order valence-electron chi connectivity index (χ0n) is 8.38. The van der Waals surface area contributed by atoms with Crippen molar-refractivity contribution in [1.29, 1.82) is 0 Å². The molecular weight excluding hydrogens is 192 g/mol. The Labute approximate surface area is 87.1 Å². The van der Waals surface area contributed by atoms with Crippen LogP contribution < -0.4 is 5.32 Å². The summed E-state index contributed by atoms with van der Waals surface area (Å²) in [6, 6.07) is 3.91. The average molecular weight is 204 g/mol. The molecular formula is C9H12N6. The van der Waals surface area contributed by atoms with Crippen molar-refractivity contribution in [1.82, 2.24) is 30.9 Å². The van der Waals surface area contributed by atoms with E-state index in [-0.39, 0.29) is 5.92 Å². The van der Waals surface area contributed by atoms with Gasteiger partial charge in [0, 0.05) is 18.9 Å². The van der Waals surface area contributed by atoms with Crippen LogP contribution in [-0.2, 0) is 0 Å². The van der Waals surface area contributed by atoms with Crippen LogP contribution in [0.1, 0.15) is 17.3 Å². The van der Waals surface area contributed by atoms with Gasteiger partial charge in [-0.1, -0.05) is 5.21 Å². The Morgan fingerprint density at radius 3 is 2.80 bits per heavy atom. The van der Waals surface area contributed by atoms with Gasteiger partial charge in [0.25, 0.3) is 0 Å². The standard InChI is InChI=1S/C9H12N6/c1-10-6-8(9-12-14-15-13-9)7-2-4-11-5-3-7/h2-5,8,10H,6H2,1H3,(H,12,13,14,15). The summed E-state index contributed by atoms with van der Waals surface area (Å²) in [4.78, 5) is 3.98. The molecule has 6 nitrogen and oxygen atoms in total. The summed E-state index contributed by atoms with van der Waals surface area (Å²) < 4.78 is 0. The lowest BCUT2D eigenvalue weighted by Gasteiger charge is -2.12. The second-order valence-electron chi connectivity index (χ2n) is 3.16. The predicted octanol–water partition coefficient (Wildman–Crippen LogP) is -0.0540. The third kappa shape index (κ3) is 2.16. The lowest BCUT2D eigenvalue weighted by atomic mass is 10.00. The Kier molecular flexibility index (Phi) is 2.99. The van der Waals surface area contributed by atoms with Crippen molar-refractivity contribution in [3.8, 4) is 0 Å². The molecule has 2 aromatic heterocycles. The Balaban J connectivity index is 2.28. The van der Waals surface area contributed by atoms with E-state index in [0.29, 0.717) is 5.82 Å². The van der Waals surface area contributed by atoms with Gasteiger partial charge in [-0.05, 0) is 24.7 Å². The number of aromatic amines is 1. The van der Waals surface area contributed by atoms with Gasteiger partial charge in [0.1, 0.15) is 0 Å². The average Bonchev–Trinajstić information content (AvgIpc) is 2.80. The van der Waals surface area contributed by atoms with Crippen molar-refractivity contribution in [2.24, 2.45) is 0 Å². The minimum atomic E-state index is 0.108. The van der Waals surface area contributed by atoms with Crippen LogP contribution in [0.3, 0.4) is 0 Å². The molecule has 15 heavy (non-hydrogen) atoms. The van der Waals surface area contributed by atoms with Crippen molar-refractivity contribution in [3.05, 3.63) is 35.9 Å². The maximum atomic E-state index is 4.00. The molecule has 1 unspecified atom stereocenters. The monoisotopic (exact) mass is 204 g/mol. The van der Waals surface area contributed by atoms with Gasteiger partial charge in [0.2, 0.25) is 0 Å². The number of pyridine rings is 1. The minimum absolute atomic E-state index is 0.108. The first-order valence-corrected chi connectivity index (χ1v) is 4.69. The first kappa shape index (κ1) is 9.72. The zero-order valence-corrected chi connectivity index (χ0v) is 8.38. The Morgan fingerprint density at radius 2 is 2.20 bits per heavy atom. The Hall–Kier alpha value is -1.82. The molecule has 0 bridgehead atoms. The summed E-state index contributed by atoms with van der Waals surface area (Å²) in [6.07, 6.45) is 3.52. The molecule has 0 amide bonds. The molecule has 0 saturated carbocycles. The normalized spacial score (nSPS) is 12.6. The van der Waals surface area contributed by atoms with Gasteiger partial charge in [-0.3, -0.25) is 4.98 Å². The summed E-state index contributed by atoms with van der Waals surface area (Å²) >= 11 is 0. The minimum Gasteiger partial charge on any atom is -0.319 e. The number of tetrazole rings is 1. The van der Waals surface area contributed by atoms with Crippen molar-refractivity contribution in [2.75, 3.05) is 13.6 Å². The third-order valence-corrected chi connectivity index (χ3v) is 2.19. The fourth-order valence-corrected chi connectivity index (χ4v) is 1.48. The Bertz CT molecular complexity index is 384. The molecule has 2 rings (SSSR count). The van der Waals surface area contributed by atoms with Crippen LogP contribution in [0.25, 0.3) is 0 Å². The van der Waals surface area contributed by atoms with E-state index in [1.165, 1.54) is 0 Å². The number of hydrogen-bond acceptors (Lipinski definition) is 5. The SMILES string of the molecule is CNCC(c1ccncc1)c1nn[nH]n1. The summed E-state index contributed by atoms with van der Waals surface area (Å²) in [5, 5.41) is 17.2. The molecule has 2 N–H and O–H groups in total. The fourth-order valence-electron chi connectivity index (χ4n) is 1.48.